The van der Waals surface area contributed by atoms with Gasteiger partial charge in [-0.05, 0) is 18.6 Å². The smallest absolute Gasteiger partial charge is 0.138 e. The number of benzene rings is 1. The van der Waals surface area contributed by atoms with Crippen LogP contribution in [0.3, 0.4) is 0 Å². The molecular weight excluding hydrogens is 246 g/mol. The van der Waals surface area contributed by atoms with E-state index >= 15 is 0 Å². The van der Waals surface area contributed by atoms with Crippen LogP contribution >= 0.6 is 12.4 Å². The number of hydrogen-bond donors (Lipinski definition) is 1. The maximum absolute atomic E-state index is 5.97. The fraction of sp³-hybridized carbons (Fsp3) is 0.143. The Labute approximate surface area is 112 Å². The Bertz CT molecular complexity index is 619. The number of allylic oxidation sites excluding steroid dienone is 4. The van der Waals surface area contributed by atoms with E-state index in [1.165, 1.54) is 0 Å². The summed E-state index contributed by atoms with van der Waals surface area (Å²) >= 11 is 0. The zero-order valence-electron chi connectivity index (χ0n) is 9.78. The first-order chi connectivity index (χ1) is 8.34. The van der Waals surface area contributed by atoms with E-state index in [0.717, 1.165) is 23.1 Å². The van der Waals surface area contributed by atoms with Crippen molar-refractivity contribution >= 4 is 29.1 Å². The highest BCUT2D eigenvalue weighted by atomic mass is 35.5. The molecule has 1 aromatic heterocycles. The molecule has 0 fully saturated rings. The largest absolute Gasteiger partial charge is 0.383 e. The van der Waals surface area contributed by atoms with Gasteiger partial charge in [-0.15, -0.1) is 12.4 Å². The van der Waals surface area contributed by atoms with E-state index in [0.29, 0.717) is 5.82 Å². The topological polar surface area (TPSA) is 51.8 Å². The first-order valence-corrected chi connectivity index (χ1v) is 5.70. The summed E-state index contributed by atoms with van der Waals surface area (Å²) in [5.41, 5.74) is 6.89. The van der Waals surface area contributed by atoms with Gasteiger partial charge in [0.2, 0.25) is 0 Å². The van der Waals surface area contributed by atoms with Crippen LogP contribution in [0.25, 0.3) is 10.9 Å². The molecule has 1 atom stereocenters. The van der Waals surface area contributed by atoms with Gasteiger partial charge in [0.15, 0.2) is 0 Å². The van der Waals surface area contributed by atoms with E-state index in [4.69, 9.17) is 5.73 Å². The first kappa shape index (κ1) is 12.6. The minimum Gasteiger partial charge on any atom is -0.383 e. The van der Waals surface area contributed by atoms with Crippen molar-refractivity contribution in [1.82, 2.24) is 9.97 Å². The third kappa shape index (κ3) is 2.22. The van der Waals surface area contributed by atoms with Crippen LogP contribution in [0, 0.1) is 0 Å². The summed E-state index contributed by atoms with van der Waals surface area (Å²) in [6.07, 6.45) is 9.25. The van der Waals surface area contributed by atoms with E-state index < -0.39 is 0 Å². The molecule has 92 valence electrons. The lowest BCUT2D eigenvalue weighted by Crippen LogP contribution is -2.06. The van der Waals surface area contributed by atoms with Gasteiger partial charge >= 0.3 is 0 Å². The van der Waals surface area contributed by atoms with Crippen molar-refractivity contribution in [2.45, 2.75) is 12.3 Å². The van der Waals surface area contributed by atoms with Crippen molar-refractivity contribution in [2.24, 2.45) is 0 Å². The number of nitrogen functional groups attached to an aromatic ring is 1. The fourth-order valence-electron chi connectivity index (χ4n) is 2.06. The average molecular weight is 260 g/mol. The highest BCUT2D eigenvalue weighted by Gasteiger charge is 2.13. The van der Waals surface area contributed by atoms with Gasteiger partial charge in [0.1, 0.15) is 11.6 Å². The standard InChI is InChI=1S/C14H13N3.ClH/c15-13-11-8-4-5-9-12(11)16-14(17-13)10-6-2-1-3-7-10;/h1-6,8-10H,7H2,(H2,15,16,17);1H. The molecule has 18 heavy (non-hydrogen) atoms. The van der Waals surface area contributed by atoms with Crippen LogP contribution in [-0.4, -0.2) is 9.97 Å². The second kappa shape index (κ2) is 5.19. The summed E-state index contributed by atoms with van der Waals surface area (Å²) in [6, 6.07) is 7.84. The number of anilines is 1. The van der Waals surface area contributed by atoms with Crippen molar-refractivity contribution in [3.63, 3.8) is 0 Å². The highest BCUT2D eigenvalue weighted by Crippen LogP contribution is 2.25. The zero-order chi connectivity index (χ0) is 11.7. The maximum Gasteiger partial charge on any atom is 0.138 e. The van der Waals surface area contributed by atoms with E-state index in [-0.39, 0.29) is 18.3 Å². The second-order valence-corrected chi connectivity index (χ2v) is 4.14. The Morgan fingerprint density at radius 3 is 2.72 bits per heavy atom. The van der Waals surface area contributed by atoms with E-state index in [9.17, 15) is 0 Å². The molecule has 3 nitrogen and oxygen atoms in total. The Morgan fingerprint density at radius 1 is 1.11 bits per heavy atom. The van der Waals surface area contributed by atoms with Crippen LogP contribution in [0.1, 0.15) is 18.2 Å². The molecule has 2 N–H and O–H groups in total. The third-order valence-electron chi connectivity index (χ3n) is 2.96. The summed E-state index contributed by atoms with van der Waals surface area (Å²) in [5.74, 6) is 1.61. The number of nitrogens with zero attached hydrogens (tertiary/aromatic N) is 2. The quantitative estimate of drug-likeness (QED) is 0.855. The zero-order valence-corrected chi connectivity index (χ0v) is 10.6. The lowest BCUT2D eigenvalue weighted by atomic mass is 10.00. The van der Waals surface area contributed by atoms with Crippen LogP contribution in [0.2, 0.25) is 0 Å². The molecule has 0 saturated heterocycles. The van der Waals surface area contributed by atoms with Crippen molar-refractivity contribution < 1.29 is 0 Å². The van der Waals surface area contributed by atoms with Crippen molar-refractivity contribution in [2.75, 3.05) is 5.73 Å². The Hall–Kier alpha value is -1.87. The molecule has 3 rings (SSSR count). The summed E-state index contributed by atoms with van der Waals surface area (Å²) in [5, 5.41) is 0.923. The molecule has 1 unspecified atom stereocenters. The second-order valence-electron chi connectivity index (χ2n) is 4.14. The molecule has 0 spiro atoms. The summed E-state index contributed by atoms with van der Waals surface area (Å²) in [7, 11) is 0. The molecule has 4 heteroatoms. The molecule has 1 heterocycles. The lowest BCUT2D eigenvalue weighted by molar-refractivity contribution is 0.782. The maximum atomic E-state index is 5.97. The van der Waals surface area contributed by atoms with Gasteiger partial charge in [0.25, 0.3) is 0 Å². The number of halogens is 1. The lowest BCUT2D eigenvalue weighted by Gasteiger charge is -2.13. The molecule has 0 radical (unpaired) electrons. The Morgan fingerprint density at radius 2 is 1.94 bits per heavy atom. The molecule has 2 aromatic rings. The number of fused-ring (bicyclic) bond motifs is 1. The average Bonchev–Trinajstić information content (AvgIpc) is 2.40. The molecule has 0 amide bonds. The van der Waals surface area contributed by atoms with Crippen LogP contribution in [-0.2, 0) is 0 Å². The van der Waals surface area contributed by atoms with Crippen LogP contribution in [0.15, 0.2) is 48.6 Å². The predicted octanol–water partition coefficient (Wildman–Crippen LogP) is 3.23. The van der Waals surface area contributed by atoms with Gasteiger partial charge in [-0.25, -0.2) is 9.97 Å². The van der Waals surface area contributed by atoms with Gasteiger partial charge in [-0.3, -0.25) is 0 Å². The number of rotatable bonds is 1. The monoisotopic (exact) mass is 259 g/mol. The molecule has 1 aliphatic rings. The molecule has 0 bridgehead atoms. The number of hydrogen-bond acceptors (Lipinski definition) is 3. The SMILES string of the molecule is Cl.Nc1nc(C2C=CC=CC2)nc2ccccc12. The van der Waals surface area contributed by atoms with Gasteiger partial charge in [-0.1, -0.05) is 36.4 Å². The molecule has 0 saturated carbocycles. The molecular formula is C14H14ClN3. The molecule has 1 aromatic carbocycles. The van der Waals surface area contributed by atoms with E-state index in [1.807, 2.05) is 36.4 Å². The van der Waals surface area contributed by atoms with Crippen molar-refractivity contribution in [3.05, 3.63) is 54.4 Å². The summed E-state index contributed by atoms with van der Waals surface area (Å²) in [4.78, 5) is 8.99. The minimum absolute atomic E-state index is 0. The molecule has 0 aliphatic heterocycles. The minimum atomic E-state index is 0. The highest BCUT2D eigenvalue weighted by molar-refractivity contribution is 5.87. The Kier molecular flexibility index (Phi) is 3.63. The van der Waals surface area contributed by atoms with Crippen molar-refractivity contribution in [1.29, 1.82) is 0 Å². The van der Waals surface area contributed by atoms with E-state index in [1.54, 1.807) is 0 Å². The van der Waals surface area contributed by atoms with Gasteiger partial charge in [0.05, 0.1) is 5.52 Å². The number of aromatic nitrogens is 2. The van der Waals surface area contributed by atoms with Crippen LogP contribution in [0.4, 0.5) is 5.82 Å². The number of para-hydroxylation sites is 1. The number of nitrogens with two attached hydrogens (primary N) is 1. The first-order valence-electron chi connectivity index (χ1n) is 5.70. The summed E-state index contributed by atoms with van der Waals surface area (Å²) in [6.45, 7) is 0. The predicted molar refractivity (Wildman–Crippen MR) is 76.8 cm³/mol. The fourth-order valence-corrected chi connectivity index (χ4v) is 2.06. The Balaban J connectivity index is 0.00000120. The van der Waals surface area contributed by atoms with Gasteiger partial charge in [-0.2, -0.15) is 0 Å². The summed E-state index contributed by atoms with van der Waals surface area (Å²) < 4.78 is 0. The molecule has 1 aliphatic carbocycles. The normalized spacial score (nSPS) is 17.7. The van der Waals surface area contributed by atoms with E-state index in [2.05, 4.69) is 22.1 Å². The van der Waals surface area contributed by atoms with Crippen LogP contribution < -0.4 is 5.73 Å². The van der Waals surface area contributed by atoms with Gasteiger partial charge in [0, 0.05) is 11.3 Å². The van der Waals surface area contributed by atoms with Crippen LogP contribution in [0.5, 0.6) is 0 Å². The van der Waals surface area contributed by atoms with Crippen molar-refractivity contribution in [3.8, 4) is 0 Å². The third-order valence-corrected chi connectivity index (χ3v) is 2.96. The van der Waals surface area contributed by atoms with Gasteiger partial charge < -0.3 is 5.73 Å².